The average Bonchev–Trinajstić information content (AvgIpc) is 2.39. The number of hydrogen-bond donors (Lipinski definition) is 3. The van der Waals surface area contributed by atoms with Crippen LogP contribution in [0.25, 0.3) is 0 Å². The number of aromatic nitrogens is 1. The molecule has 0 aliphatic heterocycles. The lowest BCUT2D eigenvalue weighted by atomic mass is 10.3. The molecule has 2 aromatic rings. The molecule has 18 heavy (non-hydrogen) atoms. The molecule has 2 rings (SSSR count). The molecular weight excluding hydrogens is 343 g/mol. The Morgan fingerprint density at radius 3 is 2.72 bits per heavy atom. The zero-order chi connectivity index (χ0) is 13.0. The van der Waals surface area contributed by atoms with Crippen molar-refractivity contribution in [1.82, 2.24) is 4.98 Å². The Labute approximate surface area is 118 Å². The minimum Gasteiger partial charge on any atom is -0.321 e. The molecule has 0 aliphatic rings. The van der Waals surface area contributed by atoms with Crippen LogP contribution in [0.5, 0.6) is 0 Å². The van der Waals surface area contributed by atoms with E-state index in [2.05, 4.69) is 38.3 Å². The summed E-state index contributed by atoms with van der Waals surface area (Å²) in [5, 5.41) is 2.78. The average molecular weight is 354 g/mol. The van der Waals surface area contributed by atoms with Gasteiger partial charge in [0.05, 0.1) is 0 Å². The molecule has 0 bridgehead atoms. The first kappa shape index (κ1) is 12.8. The predicted molar refractivity (Wildman–Crippen MR) is 79.2 cm³/mol. The number of rotatable bonds is 3. The quantitative estimate of drug-likeness (QED) is 0.449. The van der Waals surface area contributed by atoms with Crippen LogP contribution < -0.4 is 16.6 Å². The van der Waals surface area contributed by atoms with Crippen molar-refractivity contribution in [3.63, 3.8) is 0 Å². The molecule has 0 saturated heterocycles. The topological polar surface area (TPSA) is 80.0 Å². The van der Waals surface area contributed by atoms with Crippen molar-refractivity contribution in [2.75, 3.05) is 10.7 Å². The lowest BCUT2D eigenvalue weighted by molar-refractivity contribution is 0.102. The Morgan fingerprint density at radius 2 is 2.00 bits per heavy atom. The minimum atomic E-state index is -0.269. The first-order chi connectivity index (χ1) is 8.69. The molecule has 1 amide bonds. The third kappa shape index (κ3) is 3.17. The largest absolute Gasteiger partial charge is 0.321 e. The maximum Gasteiger partial charge on any atom is 0.274 e. The van der Waals surface area contributed by atoms with Crippen molar-refractivity contribution in [3.8, 4) is 0 Å². The Kier molecular flexibility index (Phi) is 4.11. The Hall–Kier alpha value is -1.67. The number of hydrogen-bond acceptors (Lipinski definition) is 4. The van der Waals surface area contributed by atoms with Gasteiger partial charge in [0, 0.05) is 9.26 Å². The number of nitrogens with zero attached hydrogens (tertiary/aromatic N) is 1. The number of anilines is 2. The summed E-state index contributed by atoms with van der Waals surface area (Å²) in [4.78, 5) is 16.0. The standard InChI is InChI=1S/C12H11IN4O/c13-8-3-1-4-9(7-8)15-12(18)10-5-2-6-11(16-10)17-14/h1-7H,14H2,(H,15,18)(H,16,17). The fourth-order valence-corrected chi connectivity index (χ4v) is 1.95. The van der Waals surface area contributed by atoms with E-state index in [0.717, 1.165) is 9.26 Å². The third-order valence-corrected chi connectivity index (χ3v) is 2.88. The van der Waals surface area contributed by atoms with Gasteiger partial charge in [0.2, 0.25) is 0 Å². The molecular formula is C12H11IN4O. The SMILES string of the molecule is NNc1cccc(C(=O)Nc2cccc(I)c2)n1. The molecule has 1 aromatic heterocycles. The van der Waals surface area contributed by atoms with E-state index < -0.39 is 0 Å². The van der Waals surface area contributed by atoms with Gasteiger partial charge in [-0.1, -0.05) is 12.1 Å². The number of nitrogens with two attached hydrogens (primary N) is 1. The van der Waals surface area contributed by atoms with E-state index in [1.54, 1.807) is 18.2 Å². The number of hydrazine groups is 1. The van der Waals surface area contributed by atoms with Gasteiger partial charge in [-0.3, -0.25) is 4.79 Å². The van der Waals surface area contributed by atoms with E-state index in [-0.39, 0.29) is 5.91 Å². The molecule has 0 aliphatic carbocycles. The fourth-order valence-electron chi connectivity index (χ4n) is 1.40. The van der Waals surface area contributed by atoms with E-state index in [1.165, 1.54) is 0 Å². The van der Waals surface area contributed by atoms with Gasteiger partial charge < -0.3 is 10.7 Å². The number of carbonyl (C=O) groups is 1. The number of nitrogen functional groups attached to an aromatic ring is 1. The van der Waals surface area contributed by atoms with Crippen LogP contribution in [0.15, 0.2) is 42.5 Å². The van der Waals surface area contributed by atoms with Crippen molar-refractivity contribution >= 4 is 40.0 Å². The molecule has 0 saturated carbocycles. The van der Waals surface area contributed by atoms with Gasteiger partial charge in [0.25, 0.3) is 5.91 Å². The summed E-state index contributed by atoms with van der Waals surface area (Å²) in [6.45, 7) is 0. The van der Waals surface area contributed by atoms with E-state index in [0.29, 0.717) is 11.5 Å². The first-order valence-electron chi connectivity index (χ1n) is 5.19. The Balaban J connectivity index is 2.16. The first-order valence-corrected chi connectivity index (χ1v) is 6.27. The predicted octanol–water partition coefficient (Wildman–Crippen LogP) is 2.22. The van der Waals surface area contributed by atoms with E-state index in [9.17, 15) is 4.79 Å². The summed E-state index contributed by atoms with van der Waals surface area (Å²) in [5.74, 6) is 5.43. The summed E-state index contributed by atoms with van der Waals surface area (Å²) in [6, 6.07) is 12.6. The molecule has 5 nitrogen and oxygen atoms in total. The summed E-state index contributed by atoms with van der Waals surface area (Å²) >= 11 is 2.18. The van der Waals surface area contributed by atoms with Crippen LogP contribution in [0.2, 0.25) is 0 Å². The summed E-state index contributed by atoms with van der Waals surface area (Å²) < 4.78 is 1.05. The highest BCUT2D eigenvalue weighted by Crippen LogP contribution is 2.13. The van der Waals surface area contributed by atoms with Gasteiger partial charge in [-0.25, -0.2) is 10.8 Å². The lowest BCUT2D eigenvalue weighted by Crippen LogP contribution is -2.16. The molecule has 92 valence electrons. The maximum absolute atomic E-state index is 11.9. The summed E-state index contributed by atoms with van der Waals surface area (Å²) in [5.41, 5.74) is 3.45. The molecule has 6 heteroatoms. The van der Waals surface area contributed by atoms with E-state index >= 15 is 0 Å². The van der Waals surface area contributed by atoms with Crippen molar-refractivity contribution in [3.05, 3.63) is 51.7 Å². The van der Waals surface area contributed by atoms with Crippen molar-refractivity contribution in [2.24, 2.45) is 5.84 Å². The molecule has 0 atom stereocenters. The van der Waals surface area contributed by atoms with Gasteiger partial charge in [-0.2, -0.15) is 0 Å². The highest BCUT2D eigenvalue weighted by Gasteiger charge is 2.08. The number of amides is 1. The number of carbonyl (C=O) groups excluding carboxylic acids is 1. The molecule has 0 fully saturated rings. The van der Waals surface area contributed by atoms with Crippen LogP contribution in [0, 0.1) is 3.57 Å². The highest BCUT2D eigenvalue weighted by atomic mass is 127. The van der Waals surface area contributed by atoms with Gasteiger partial charge in [0.15, 0.2) is 0 Å². The number of nitrogens with one attached hydrogen (secondary N) is 2. The molecule has 1 heterocycles. The van der Waals surface area contributed by atoms with Crippen LogP contribution in [-0.2, 0) is 0 Å². The van der Waals surface area contributed by atoms with Gasteiger partial charge in [-0.15, -0.1) is 0 Å². The molecule has 4 N–H and O–H groups in total. The number of pyridine rings is 1. The molecule has 0 unspecified atom stereocenters. The monoisotopic (exact) mass is 354 g/mol. The number of benzene rings is 1. The second-order valence-electron chi connectivity index (χ2n) is 3.52. The lowest BCUT2D eigenvalue weighted by Gasteiger charge is -2.06. The van der Waals surface area contributed by atoms with Crippen molar-refractivity contribution in [1.29, 1.82) is 0 Å². The zero-order valence-corrected chi connectivity index (χ0v) is 11.5. The molecule has 0 radical (unpaired) electrons. The van der Waals surface area contributed by atoms with Gasteiger partial charge in [0.1, 0.15) is 11.5 Å². The molecule has 1 aromatic carbocycles. The van der Waals surface area contributed by atoms with Crippen molar-refractivity contribution < 1.29 is 4.79 Å². The maximum atomic E-state index is 11.9. The van der Waals surface area contributed by atoms with Crippen LogP contribution in [-0.4, -0.2) is 10.9 Å². The smallest absolute Gasteiger partial charge is 0.274 e. The second kappa shape index (κ2) is 5.78. The van der Waals surface area contributed by atoms with Gasteiger partial charge in [-0.05, 0) is 52.9 Å². The second-order valence-corrected chi connectivity index (χ2v) is 4.76. The highest BCUT2D eigenvalue weighted by molar-refractivity contribution is 14.1. The van der Waals surface area contributed by atoms with Crippen molar-refractivity contribution in [2.45, 2.75) is 0 Å². The Bertz CT molecular complexity index is 574. The van der Waals surface area contributed by atoms with Crippen LogP contribution in [0.4, 0.5) is 11.5 Å². The minimum absolute atomic E-state index is 0.269. The number of halogens is 1. The fraction of sp³-hybridized carbons (Fsp3) is 0. The van der Waals surface area contributed by atoms with E-state index in [1.807, 2.05) is 24.3 Å². The van der Waals surface area contributed by atoms with Crippen LogP contribution >= 0.6 is 22.6 Å². The Morgan fingerprint density at radius 1 is 1.22 bits per heavy atom. The summed E-state index contributed by atoms with van der Waals surface area (Å²) in [6.07, 6.45) is 0. The van der Waals surface area contributed by atoms with Crippen LogP contribution in [0.3, 0.4) is 0 Å². The summed E-state index contributed by atoms with van der Waals surface area (Å²) in [7, 11) is 0. The van der Waals surface area contributed by atoms with E-state index in [4.69, 9.17) is 5.84 Å². The zero-order valence-electron chi connectivity index (χ0n) is 9.35. The van der Waals surface area contributed by atoms with Gasteiger partial charge >= 0.3 is 0 Å². The van der Waals surface area contributed by atoms with Crippen LogP contribution in [0.1, 0.15) is 10.5 Å². The molecule has 0 spiro atoms. The normalized spacial score (nSPS) is 9.89. The third-order valence-electron chi connectivity index (χ3n) is 2.21.